The van der Waals surface area contributed by atoms with Crippen LogP contribution in [0.1, 0.15) is 39.2 Å². The van der Waals surface area contributed by atoms with Gasteiger partial charge in [-0.05, 0) is 41.9 Å². The van der Waals surface area contributed by atoms with Crippen LogP contribution >= 0.6 is 0 Å². The number of hydrogen-bond donors (Lipinski definition) is 1. The number of piperidine rings is 1. The predicted octanol–water partition coefficient (Wildman–Crippen LogP) is 4.41. The molecule has 1 aromatic carbocycles. The average molecular weight is 332 g/mol. The molecule has 1 aromatic rings. The summed E-state index contributed by atoms with van der Waals surface area (Å²) in [6, 6.07) is 6.41. The van der Waals surface area contributed by atoms with Gasteiger partial charge in [0, 0.05) is 24.7 Å². The van der Waals surface area contributed by atoms with Gasteiger partial charge in [0.15, 0.2) is 0 Å². The Bertz CT molecular complexity index is 631. The van der Waals surface area contributed by atoms with Crippen LogP contribution in [-0.2, 0) is 0 Å². The molecule has 0 aromatic heterocycles. The molecule has 1 aliphatic heterocycles. The fourth-order valence-electron chi connectivity index (χ4n) is 3.17. The van der Waals surface area contributed by atoms with Gasteiger partial charge in [-0.3, -0.25) is 10.1 Å². The molecule has 1 saturated heterocycles. The van der Waals surface area contributed by atoms with Crippen molar-refractivity contribution in [3.8, 4) is 0 Å². The zero-order valence-electron chi connectivity index (χ0n) is 14.3. The highest BCUT2D eigenvalue weighted by Crippen LogP contribution is 2.35. The van der Waals surface area contributed by atoms with Crippen molar-refractivity contribution >= 4 is 17.9 Å². The van der Waals surface area contributed by atoms with Crippen molar-refractivity contribution in [2.45, 2.75) is 39.7 Å². The summed E-state index contributed by atoms with van der Waals surface area (Å²) in [4.78, 5) is 23.2. The molecule has 1 aliphatic rings. The van der Waals surface area contributed by atoms with Crippen LogP contribution in [0.25, 0.3) is 6.08 Å². The van der Waals surface area contributed by atoms with E-state index in [-0.39, 0.29) is 17.1 Å². The van der Waals surface area contributed by atoms with Crippen molar-refractivity contribution in [2.75, 3.05) is 6.54 Å². The minimum atomic E-state index is -0.854. The van der Waals surface area contributed by atoms with Gasteiger partial charge in [0.25, 0.3) is 5.69 Å². The van der Waals surface area contributed by atoms with Gasteiger partial charge >= 0.3 is 6.09 Å². The molecule has 0 aliphatic carbocycles. The largest absolute Gasteiger partial charge is 0.465 e. The Labute approximate surface area is 141 Å². The lowest BCUT2D eigenvalue weighted by molar-refractivity contribution is -0.384. The molecule has 1 amide bonds. The molecule has 130 valence electrons. The first-order chi connectivity index (χ1) is 11.2. The van der Waals surface area contributed by atoms with Crippen LogP contribution < -0.4 is 0 Å². The maximum absolute atomic E-state index is 11.4. The summed E-state index contributed by atoms with van der Waals surface area (Å²) in [5.74, 6) is 0.306. The van der Waals surface area contributed by atoms with E-state index >= 15 is 0 Å². The maximum Gasteiger partial charge on any atom is 0.407 e. The van der Waals surface area contributed by atoms with E-state index in [0.717, 1.165) is 18.4 Å². The molecular weight excluding hydrogens is 308 g/mol. The van der Waals surface area contributed by atoms with Gasteiger partial charge in [0.2, 0.25) is 0 Å². The standard InChI is InChI=1S/C18H24N2O4/c1-18(2,3)16-12-14(10-11-19(16)17(21)22)5-4-13-6-8-15(9-7-13)20(23)24/h4-9,14,16H,10-12H2,1-3H3,(H,21,22)/b5-4+. The third-order valence-corrected chi connectivity index (χ3v) is 4.55. The Morgan fingerprint density at radius 3 is 2.46 bits per heavy atom. The van der Waals surface area contributed by atoms with Crippen molar-refractivity contribution in [1.29, 1.82) is 0 Å². The van der Waals surface area contributed by atoms with E-state index in [1.165, 1.54) is 12.1 Å². The lowest BCUT2D eigenvalue weighted by Gasteiger charge is -2.44. The monoisotopic (exact) mass is 332 g/mol. The number of likely N-dealkylation sites (tertiary alicyclic amines) is 1. The summed E-state index contributed by atoms with van der Waals surface area (Å²) in [6.45, 7) is 6.73. The summed E-state index contributed by atoms with van der Waals surface area (Å²) in [7, 11) is 0. The van der Waals surface area contributed by atoms with Gasteiger partial charge in [-0.1, -0.05) is 32.9 Å². The molecule has 1 fully saturated rings. The second-order valence-corrected chi connectivity index (χ2v) is 7.35. The number of nitrogens with zero attached hydrogens (tertiary/aromatic N) is 2. The second-order valence-electron chi connectivity index (χ2n) is 7.35. The summed E-state index contributed by atoms with van der Waals surface area (Å²) >= 11 is 0. The number of non-ortho nitro benzene ring substituents is 1. The normalized spacial score (nSPS) is 21.9. The minimum Gasteiger partial charge on any atom is -0.465 e. The first-order valence-electron chi connectivity index (χ1n) is 8.10. The van der Waals surface area contributed by atoms with Crippen LogP contribution in [0.2, 0.25) is 0 Å². The van der Waals surface area contributed by atoms with Crippen molar-refractivity contribution in [2.24, 2.45) is 11.3 Å². The van der Waals surface area contributed by atoms with Crippen molar-refractivity contribution in [3.05, 3.63) is 46.0 Å². The van der Waals surface area contributed by atoms with Crippen LogP contribution in [0, 0.1) is 21.4 Å². The summed E-state index contributed by atoms with van der Waals surface area (Å²) in [6.07, 6.45) is 4.79. The molecule has 0 spiro atoms. The van der Waals surface area contributed by atoms with E-state index in [4.69, 9.17) is 0 Å². The highest BCUT2D eigenvalue weighted by molar-refractivity contribution is 5.65. The van der Waals surface area contributed by atoms with E-state index in [1.807, 2.05) is 6.08 Å². The molecular formula is C18H24N2O4. The summed E-state index contributed by atoms with van der Waals surface area (Å²) < 4.78 is 0. The third-order valence-electron chi connectivity index (χ3n) is 4.55. The first kappa shape index (κ1) is 18.0. The van der Waals surface area contributed by atoms with Gasteiger partial charge in [0.05, 0.1) is 4.92 Å². The van der Waals surface area contributed by atoms with Crippen LogP contribution in [0.5, 0.6) is 0 Å². The molecule has 0 radical (unpaired) electrons. The van der Waals surface area contributed by atoms with E-state index in [2.05, 4.69) is 26.8 Å². The molecule has 0 bridgehead atoms. The number of nitro benzene ring substituents is 1. The Kier molecular flexibility index (Phi) is 5.26. The van der Waals surface area contributed by atoms with Crippen LogP contribution in [0.15, 0.2) is 30.3 Å². The molecule has 1 heterocycles. The van der Waals surface area contributed by atoms with Crippen molar-refractivity contribution < 1.29 is 14.8 Å². The Morgan fingerprint density at radius 2 is 1.96 bits per heavy atom. The lowest BCUT2D eigenvalue weighted by atomic mass is 9.77. The summed E-state index contributed by atoms with van der Waals surface area (Å²) in [5.41, 5.74) is 0.876. The molecule has 2 rings (SSSR count). The van der Waals surface area contributed by atoms with Gasteiger partial charge in [-0.15, -0.1) is 0 Å². The third kappa shape index (κ3) is 4.34. The van der Waals surface area contributed by atoms with Gasteiger partial charge in [-0.2, -0.15) is 0 Å². The Balaban J connectivity index is 2.07. The van der Waals surface area contributed by atoms with E-state index in [1.54, 1.807) is 17.0 Å². The number of allylic oxidation sites excluding steroid dienone is 1. The van der Waals surface area contributed by atoms with Crippen molar-refractivity contribution in [3.63, 3.8) is 0 Å². The lowest BCUT2D eigenvalue weighted by Crippen LogP contribution is -2.51. The SMILES string of the molecule is CC(C)(C)C1CC(/C=C/c2ccc([N+](=O)[O-])cc2)CCN1C(=O)O. The smallest absolute Gasteiger partial charge is 0.407 e. The van der Waals surface area contributed by atoms with Gasteiger partial charge in [0.1, 0.15) is 0 Å². The number of carboxylic acid groups (broad SMARTS) is 1. The topological polar surface area (TPSA) is 83.7 Å². The minimum absolute atomic E-state index is 0.0183. The van der Waals surface area contributed by atoms with Crippen LogP contribution in [-0.4, -0.2) is 33.6 Å². The zero-order valence-corrected chi connectivity index (χ0v) is 14.3. The average Bonchev–Trinajstić information content (AvgIpc) is 2.52. The first-order valence-corrected chi connectivity index (χ1v) is 8.10. The highest BCUT2D eigenvalue weighted by atomic mass is 16.6. The Morgan fingerprint density at radius 1 is 1.33 bits per heavy atom. The fourth-order valence-corrected chi connectivity index (χ4v) is 3.17. The summed E-state index contributed by atoms with van der Waals surface area (Å²) in [5, 5.41) is 20.1. The predicted molar refractivity (Wildman–Crippen MR) is 92.8 cm³/mol. The van der Waals surface area contributed by atoms with E-state index in [9.17, 15) is 20.0 Å². The quantitative estimate of drug-likeness (QED) is 0.656. The molecule has 2 unspecified atom stereocenters. The zero-order chi connectivity index (χ0) is 17.9. The number of nitro groups is 1. The van der Waals surface area contributed by atoms with Crippen LogP contribution in [0.3, 0.4) is 0 Å². The van der Waals surface area contributed by atoms with Gasteiger partial charge < -0.3 is 10.0 Å². The second kappa shape index (κ2) is 7.03. The Hall–Kier alpha value is -2.37. The number of carbonyl (C=O) groups is 1. The molecule has 0 saturated carbocycles. The number of rotatable bonds is 3. The molecule has 6 nitrogen and oxygen atoms in total. The highest BCUT2D eigenvalue weighted by Gasteiger charge is 2.37. The number of amides is 1. The van der Waals surface area contributed by atoms with E-state index < -0.39 is 11.0 Å². The van der Waals surface area contributed by atoms with E-state index in [0.29, 0.717) is 12.5 Å². The van der Waals surface area contributed by atoms with Gasteiger partial charge in [-0.25, -0.2) is 4.79 Å². The number of hydrogen-bond acceptors (Lipinski definition) is 3. The van der Waals surface area contributed by atoms with Crippen LogP contribution in [0.4, 0.5) is 10.5 Å². The molecule has 2 atom stereocenters. The molecule has 1 N–H and O–H groups in total. The molecule has 6 heteroatoms. The van der Waals surface area contributed by atoms with Crippen molar-refractivity contribution in [1.82, 2.24) is 4.90 Å². The molecule has 24 heavy (non-hydrogen) atoms. The fraction of sp³-hybridized carbons (Fsp3) is 0.500. The maximum atomic E-state index is 11.4. The number of benzene rings is 1.